The highest BCUT2D eigenvalue weighted by Gasteiger charge is 2.25. The summed E-state index contributed by atoms with van der Waals surface area (Å²) in [7, 11) is 0.291. The molecule has 2 aromatic rings. The fourth-order valence-electron chi connectivity index (χ4n) is 3.69. The molecule has 0 fully saturated rings. The third-order valence-corrected chi connectivity index (χ3v) is 7.03. The maximum atomic E-state index is 13.4. The van der Waals surface area contributed by atoms with E-state index in [1.165, 1.54) is 32.6 Å². The SMILES string of the molecule is CCCCCc1ccc([PH](=O)C(=O)c2c(OC)cccc2OC)c(CCCCC)c1. The third kappa shape index (κ3) is 6.22. The lowest BCUT2D eigenvalue weighted by atomic mass is 10.0. The van der Waals surface area contributed by atoms with Gasteiger partial charge in [0.25, 0.3) is 0 Å². The van der Waals surface area contributed by atoms with Crippen LogP contribution < -0.4 is 14.8 Å². The fraction of sp³-hybridized carbons (Fsp3) is 0.480. The lowest BCUT2D eigenvalue weighted by Crippen LogP contribution is -2.12. The van der Waals surface area contributed by atoms with Crippen LogP contribution in [0.3, 0.4) is 0 Å². The molecule has 164 valence electrons. The molecule has 0 aliphatic heterocycles. The summed E-state index contributed by atoms with van der Waals surface area (Å²) in [4.78, 5) is 13.3. The van der Waals surface area contributed by atoms with E-state index in [-0.39, 0.29) is 5.56 Å². The van der Waals surface area contributed by atoms with Gasteiger partial charge in [-0.1, -0.05) is 63.8 Å². The molecule has 30 heavy (non-hydrogen) atoms. The van der Waals surface area contributed by atoms with E-state index in [9.17, 15) is 9.36 Å². The van der Waals surface area contributed by atoms with Gasteiger partial charge in [0.05, 0.1) is 14.2 Å². The minimum Gasteiger partial charge on any atom is -0.496 e. The molecular formula is C25H35O4P. The first-order valence-corrected chi connectivity index (χ1v) is 12.4. The van der Waals surface area contributed by atoms with Gasteiger partial charge in [-0.15, -0.1) is 0 Å². The van der Waals surface area contributed by atoms with Gasteiger partial charge >= 0.3 is 0 Å². The second kappa shape index (κ2) is 12.6. The maximum absolute atomic E-state index is 13.4. The maximum Gasteiger partial charge on any atom is 0.230 e. The number of aryl methyl sites for hydroxylation is 2. The summed E-state index contributed by atoms with van der Waals surface area (Å²) in [6, 6.07) is 11.3. The molecule has 2 aromatic carbocycles. The van der Waals surface area contributed by atoms with Crippen LogP contribution in [0, 0.1) is 0 Å². The van der Waals surface area contributed by atoms with Crippen LogP contribution in [0.5, 0.6) is 11.5 Å². The van der Waals surface area contributed by atoms with Crippen LogP contribution in [0.4, 0.5) is 0 Å². The van der Waals surface area contributed by atoms with Crippen molar-refractivity contribution in [3.63, 3.8) is 0 Å². The van der Waals surface area contributed by atoms with Crippen molar-refractivity contribution in [2.75, 3.05) is 14.2 Å². The molecule has 0 heterocycles. The van der Waals surface area contributed by atoms with Gasteiger partial charge in [0.15, 0.2) is 7.80 Å². The molecule has 0 aliphatic carbocycles. The summed E-state index contributed by atoms with van der Waals surface area (Å²) in [5.74, 6) is 0.780. The Morgan fingerprint density at radius 1 is 0.867 bits per heavy atom. The van der Waals surface area contributed by atoms with Crippen molar-refractivity contribution in [1.82, 2.24) is 0 Å². The van der Waals surface area contributed by atoms with Crippen LogP contribution in [0.2, 0.25) is 0 Å². The number of hydrogen-bond acceptors (Lipinski definition) is 4. The van der Waals surface area contributed by atoms with Gasteiger partial charge in [0.2, 0.25) is 5.52 Å². The van der Waals surface area contributed by atoms with Gasteiger partial charge in [-0.25, -0.2) is 0 Å². The Labute approximate surface area is 181 Å². The highest BCUT2D eigenvalue weighted by atomic mass is 31.1. The predicted molar refractivity (Wildman–Crippen MR) is 125 cm³/mol. The molecule has 0 N–H and O–H groups in total. The van der Waals surface area contributed by atoms with Crippen molar-refractivity contribution in [2.45, 2.75) is 65.2 Å². The largest absolute Gasteiger partial charge is 0.496 e. The molecule has 2 rings (SSSR count). The van der Waals surface area contributed by atoms with Crippen LogP contribution in [-0.4, -0.2) is 19.7 Å². The van der Waals surface area contributed by atoms with Crippen LogP contribution in [0.25, 0.3) is 0 Å². The van der Waals surface area contributed by atoms with Crippen LogP contribution in [0.15, 0.2) is 36.4 Å². The van der Waals surface area contributed by atoms with Crippen LogP contribution in [-0.2, 0) is 17.4 Å². The van der Waals surface area contributed by atoms with Crippen LogP contribution >= 0.6 is 7.80 Å². The Bertz CT molecular complexity index is 838. The predicted octanol–water partition coefficient (Wildman–Crippen LogP) is 6.19. The summed E-state index contributed by atoms with van der Waals surface area (Å²) >= 11 is 0. The molecule has 0 amide bonds. The molecule has 0 saturated heterocycles. The van der Waals surface area contributed by atoms with E-state index in [1.807, 2.05) is 12.1 Å². The van der Waals surface area contributed by atoms with Crippen LogP contribution in [0.1, 0.15) is 73.9 Å². The highest BCUT2D eigenvalue weighted by molar-refractivity contribution is 7.71. The van der Waals surface area contributed by atoms with E-state index < -0.39 is 13.3 Å². The number of ether oxygens (including phenoxy) is 2. The fourth-order valence-corrected chi connectivity index (χ4v) is 5.13. The second-order valence-corrected chi connectivity index (χ2v) is 9.25. The number of hydrogen-bond donors (Lipinski definition) is 0. The number of carbonyl (C=O) groups excluding carboxylic acids is 1. The topological polar surface area (TPSA) is 52.6 Å². The highest BCUT2D eigenvalue weighted by Crippen LogP contribution is 2.37. The number of methoxy groups -OCH3 is 2. The standard InChI is InChI=1S/C25H35O4P/c1-5-7-9-12-19-16-17-23(20(18-19)13-10-8-6-2)30(27)25(26)24-21(28-3)14-11-15-22(24)29-4/h11,14-18,30H,5-10,12-13H2,1-4H3. The van der Waals surface area contributed by atoms with Crippen molar-refractivity contribution >= 4 is 18.6 Å². The molecule has 1 unspecified atom stereocenters. The Morgan fingerprint density at radius 3 is 2.03 bits per heavy atom. The Hall–Kier alpha value is -2.06. The molecule has 0 saturated carbocycles. The van der Waals surface area contributed by atoms with Crippen molar-refractivity contribution in [3.05, 3.63) is 53.1 Å². The van der Waals surface area contributed by atoms with Gasteiger partial charge in [-0.2, -0.15) is 0 Å². The Kier molecular flexibility index (Phi) is 10.2. The molecule has 1 atom stereocenters. The average Bonchev–Trinajstić information content (AvgIpc) is 2.78. The first kappa shape index (κ1) is 24.2. The van der Waals surface area contributed by atoms with E-state index in [0.29, 0.717) is 16.8 Å². The molecule has 4 nitrogen and oxygen atoms in total. The molecular weight excluding hydrogens is 395 g/mol. The number of carbonyl (C=O) groups is 1. The second-order valence-electron chi connectivity index (χ2n) is 7.60. The summed E-state index contributed by atoms with van der Waals surface area (Å²) in [5.41, 5.74) is 2.15. The van der Waals surface area contributed by atoms with E-state index in [1.54, 1.807) is 18.2 Å². The quantitative estimate of drug-likeness (QED) is 0.281. The first-order valence-electron chi connectivity index (χ1n) is 11.0. The zero-order chi connectivity index (χ0) is 21.9. The minimum absolute atomic E-state index is 0.262. The van der Waals surface area contributed by atoms with Gasteiger partial charge in [0, 0.05) is 5.30 Å². The summed E-state index contributed by atoms with van der Waals surface area (Å²) in [6.07, 6.45) is 8.67. The lowest BCUT2D eigenvalue weighted by molar-refractivity contribution is 0.107. The van der Waals surface area contributed by atoms with Crippen molar-refractivity contribution < 1.29 is 18.8 Å². The number of benzene rings is 2. The molecule has 0 radical (unpaired) electrons. The summed E-state index contributed by atoms with van der Waals surface area (Å²) < 4.78 is 24.1. The van der Waals surface area contributed by atoms with Gasteiger partial charge in [0.1, 0.15) is 17.1 Å². The molecule has 0 spiro atoms. The summed E-state index contributed by atoms with van der Waals surface area (Å²) in [5, 5.41) is 0.674. The van der Waals surface area contributed by atoms with E-state index in [0.717, 1.165) is 44.1 Å². The van der Waals surface area contributed by atoms with E-state index in [4.69, 9.17) is 9.47 Å². The van der Waals surface area contributed by atoms with Gasteiger partial charge < -0.3 is 14.0 Å². The Balaban J connectivity index is 2.38. The van der Waals surface area contributed by atoms with E-state index in [2.05, 4.69) is 19.9 Å². The van der Waals surface area contributed by atoms with Gasteiger partial charge in [-0.05, 0) is 48.9 Å². The Morgan fingerprint density at radius 2 is 1.47 bits per heavy atom. The number of unbranched alkanes of at least 4 members (excludes halogenated alkanes) is 4. The molecule has 5 heteroatoms. The molecule has 0 aromatic heterocycles. The summed E-state index contributed by atoms with van der Waals surface area (Å²) in [6.45, 7) is 4.37. The lowest BCUT2D eigenvalue weighted by Gasteiger charge is -2.15. The van der Waals surface area contributed by atoms with Crippen molar-refractivity contribution in [3.8, 4) is 11.5 Å². The average molecular weight is 431 g/mol. The van der Waals surface area contributed by atoms with Gasteiger partial charge in [-0.3, -0.25) is 4.79 Å². The molecule has 0 bridgehead atoms. The third-order valence-electron chi connectivity index (χ3n) is 5.39. The zero-order valence-corrected chi connectivity index (χ0v) is 19.8. The van der Waals surface area contributed by atoms with E-state index >= 15 is 0 Å². The van der Waals surface area contributed by atoms with Crippen molar-refractivity contribution in [1.29, 1.82) is 0 Å². The number of rotatable bonds is 13. The van der Waals surface area contributed by atoms with Crippen molar-refractivity contribution in [2.24, 2.45) is 0 Å². The zero-order valence-electron chi connectivity index (χ0n) is 18.8. The normalized spacial score (nSPS) is 11.9. The minimum atomic E-state index is -2.72. The first-order chi connectivity index (χ1) is 14.6. The molecule has 0 aliphatic rings. The monoisotopic (exact) mass is 430 g/mol. The smallest absolute Gasteiger partial charge is 0.230 e.